The minimum atomic E-state index is -0.0904. The molecule has 2 fully saturated rings. The highest BCUT2D eigenvalue weighted by atomic mass is 16.2. The predicted octanol–water partition coefficient (Wildman–Crippen LogP) is 2.65. The second-order valence-electron chi connectivity index (χ2n) is 9.43. The minimum Gasteiger partial charge on any atom is -0.359 e. The van der Waals surface area contributed by atoms with E-state index < -0.39 is 0 Å². The molecule has 0 aliphatic carbocycles. The van der Waals surface area contributed by atoms with E-state index >= 15 is 0 Å². The van der Waals surface area contributed by atoms with E-state index in [1.807, 2.05) is 18.2 Å². The van der Waals surface area contributed by atoms with E-state index in [1.54, 1.807) is 12.4 Å². The second-order valence-corrected chi connectivity index (χ2v) is 9.43. The van der Waals surface area contributed by atoms with Gasteiger partial charge >= 0.3 is 0 Å². The van der Waals surface area contributed by atoms with Gasteiger partial charge in [-0.3, -0.25) is 14.7 Å². The van der Waals surface area contributed by atoms with E-state index in [0.717, 1.165) is 50.3 Å². The van der Waals surface area contributed by atoms with E-state index in [0.29, 0.717) is 24.3 Å². The average molecular weight is 439 g/mol. The fourth-order valence-corrected chi connectivity index (χ4v) is 5.05. The van der Waals surface area contributed by atoms with Crippen molar-refractivity contribution >= 4 is 11.7 Å². The molecule has 174 valence electrons. The Morgan fingerprint density at radius 3 is 2.62 bits per heavy atom. The number of aliphatic imine (C=N–C) groups is 1. The van der Waals surface area contributed by atoms with Crippen molar-refractivity contribution < 1.29 is 4.79 Å². The quantitative estimate of drug-likeness (QED) is 0.766. The number of amides is 1. The number of rotatable bonds is 5. The number of hydrogen-bond acceptors (Lipinski definition) is 6. The summed E-state index contributed by atoms with van der Waals surface area (Å²) >= 11 is 0. The summed E-state index contributed by atoms with van der Waals surface area (Å²) in [6.07, 6.45) is 11.0. The van der Waals surface area contributed by atoms with Crippen LogP contribution in [0.5, 0.6) is 0 Å². The van der Waals surface area contributed by atoms with Crippen LogP contribution in [0, 0.1) is 0 Å². The SMILES string of the molecule is CC(C)N1CCC(N2CCCN(C3=NC(C(=O)NCc4ccncc4)=CCC3)CC2)CC1. The lowest BCUT2D eigenvalue weighted by Gasteiger charge is -2.39. The molecule has 1 aromatic heterocycles. The third kappa shape index (κ3) is 5.95. The molecule has 2 saturated heterocycles. The molecule has 3 aliphatic rings. The van der Waals surface area contributed by atoms with Gasteiger partial charge in [-0.1, -0.05) is 6.08 Å². The summed E-state index contributed by atoms with van der Waals surface area (Å²) in [4.78, 5) is 29.2. The monoisotopic (exact) mass is 438 g/mol. The van der Waals surface area contributed by atoms with Gasteiger partial charge in [0.05, 0.1) is 0 Å². The minimum absolute atomic E-state index is 0.0904. The van der Waals surface area contributed by atoms with Crippen molar-refractivity contribution in [2.24, 2.45) is 4.99 Å². The van der Waals surface area contributed by atoms with E-state index in [2.05, 4.69) is 38.8 Å². The molecule has 7 heteroatoms. The van der Waals surface area contributed by atoms with Crippen LogP contribution in [0.25, 0.3) is 0 Å². The summed E-state index contributed by atoms with van der Waals surface area (Å²) in [5.74, 6) is 0.991. The molecule has 0 aromatic carbocycles. The number of nitrogens with one attached hydrogen (secondary N) is 1. The summed E-state index contributed by atoms with van der Waals surface area (Å²) in [6.45, 7) is 11.9. The normalized spacial score (nSPS) is 21.8. The number of carbonyl (C=O) groups excluding carboxylic acids is 1. The van der Waals surface area contributed by atoms with Gasteiger partial charge in [0.1, 0.15) is 11.5 Å². The number of allylic oxidation sites excluding steroid dienone is 1. The Balaban J connectivity index is 1.29. The molecule has 0 atom stereocenters. The van der Waals surface area contributed by atoms with Gasteiger partial charge in [0, 0.05) is 63.6 Å². The molecule has 4 heterocycles. The van der Waals surface area contributed by atoms with Gasteiger partial charge in [-0.2, -0.15) is 0 Å². The first kappa shape index (κ1) is 22.9. The number of aromatic nitrogens is 1. The zero-order valence-corrected chi connectivity index (χ0v) is 19.7. The molecule has 4 rings (SSSR count). The number of amidine groups is 1. The zero-order chi connectivity index (χ0) is 22.3. The smallest absolute Gasteiger partial charge is 0.269 e. The Bertz CT molecular complexity index is 813. The highest BCUT2D eigenvalue weighted by Crippen LogP contribution is 2.21. The van der Waals surface area contributed by atoms with Crippen molar-refractivity contribution in [2.75, 3.05) is 39.3 Å². The molecule has 1 N–H and O–H groups in total. The topological polar surface area (TPSA) is 64.1 Å². The van der Waals surface area contributed by atoms with Crippen molar-refractivity contribution in [3.8, 4) is 0 Å². The van der Waals surface area contributed by atoms with Crippen LogP contribution in [-0.4, -0.2) is 82.8 Å². The van der Waals surface area contributed by atoms with Crippen LogP contribution in [0.3, 0.4) is 0 Å². The number of piperidine rings is 1. The molecule has 32 heavy (non-hydrogen) atoms. The molecule has 7 nitrogen and oxygen atoms in total. The fourth-order valence-electron chi connectivity index (χ4n) is 5.05. The number of nitrogens with zero attached hydrogens (tertiary/aromatic N) is 5. The van der Waals surface area contributed by atoms with Crippen LogP contribution in [0.2, 0.25) is 0 Å². The first-order chi connectivity index (χ1) is 15.6. The fraction of sp³-hybridized carbons (Fsp3) is 0.640. The maximum atomic E-state index is 12.7. The molecule has 1 aromatic rings. The molecular formula is C25H38N6O. The van der Waals surface area contributed by atoms with Crippen LogP contribution < -0.4 is 5.32 Å². The van der Waals surface area contributed by atoms with Gasteiger partial charge in [0.15, 0.2) is 0 Å². The number of pyridine rings is 1. The summed E-state index contributed by atoms with van der Waals surface area (Å²) < 4.78 is 0. The van der Waals surface area contributed by atoms with Gasteiger partial charge in [0.2, 0.25) is 0 Å². The Labute approximate surface area is 192 Å². The Morgan fingerprint density at radius 2 is 1.88 bits per heavy atom. The van der Waals surface area contributed by atoms with Gasteiger partial charge in [0.25, 0.3) is 5.91 Å². The van der Waals surface area contributed by atoms with Gasteiger partial charge in [-0.05, 0) is 70.3 Å². The van der Waals surface area contributed by atoms with E-state index in [-0.39, 0.29) is 5.91 Å². The Kier molecular flexibility index (Phi) is 7.92. The van der Waals surface area contributed by atoms with Crippen LogP contribution >= 0.6 is 0 Å². The number of carbonyl (C=O) groups is 1. The summed E-state index contributed by atoms with van der Waals surface area (Å²) in [5, 5.41) is 2.99. The van der Waals surface area contributed by atoms with Crippen molar-refractivity contribution in [3.05, 3.63) is 41.9 Å². The van der Waals surface area contributed by atoms with Gasteiger partial charge in [-0.25, -0.2) is 4.99 Å². The summed E-state index contributed by atoms with van der Waals surface area (Å²) in [5.41, 5.74) is 1.60. The lowest BCUT2D eigenvalue weighted by atomic mass is 10.0. The van der Waals surface area contributed by atoms with Crippen LogP contribution in [0.4, 0.5) is 0 Å². The lowest BCUT2D eigenvalue weighted by molar-refractivity contribution is -0.117. The first-order valence-corrected chi connectivity index (χ1v) is 12.3. The molecule has 1 amide bonds. The second kappa shape index (κ2) is 11.1. The zero-order valence-electron chi connectivity index (χ0n) is 19.7. The largest absolute Gasteiger partial charge is 0.359 e. The van der Waals surface area contributed by atoms with Crippen molar-refractivity contribution in [1.82, 2.24) is 25.0 Å². The maximum absolute atomic E-state index is 12.7. The van der Waals surface area contributed by atoms with Crippen LogP contribution in [-0.2, 0) is 11.3 Å². The first-order valence-electron chi connectivity index (χ1n) is 12.3. The average Bonchev–Trinajstić information content (AvgIpc) is 3.10. The van der Waals surface area contributed by atoms with Crippen LogP contribution in [0.15, 0.2) is 41.3 Å². The molecule has 0 radical (unpaired) electrons. The summed E-state index contributed by atoms with van der Waals surface area (Å²) in [7, 11) is 0. The third-order valence-electron chi connectivity index (χ3n) is 7.03. The molecule has 0 unspecified atom stereocenters. The Hall–Kier alpha value is -2.25. The standard InChI is InChI=1S/C25H38N6O/c1-20(2)29-15-9-22(10-16-29)30-13-4-14-31(18-17-30)24-6-3-5-23(28-24)25(32)27-19-21-7-11-26-12-8-21/h5,7-8,11-12,20,22H,3-4,6,9-10,13-19H2,1-2H3,(H,27,32). The van der Waals surface area contributed by atoms with E-state index in [4.69, 9.17) is 4.99 Å². The predicted molar refractivity (Wildman–Crippen MR) is 128 cm³/mol. The lowest BCUT2D eigenvalue weighted by Crippen LogP contribution is -2.48. The van der Waals surface area contributed by atoms with Gasteiger partial charge < -0.3 is 15.1 Å². The molecule has 0 saturated carbocycles. The summed E-state index contributed by atoms with van der Waals surface area (Å²) in [6, 6.07) is 5.21. The van der Waals surface area contributed by atoms with E-state index in [9.17, 15) is 4.79 Å². The highest BCUT2D eigenvalue weighted by Gasteiger charge is 2.28. The molecule has 3 aliphatic heterocycles. The maximum Gasteiger partial charge on any atom is 0.269 e. The Morgan fingerprint density at radius 1 is 1.09 bits per heavy atom. The molecule has 0 spiro atoms. The van der Waals surface area contributed by atoms with Crippen molar-refractivity contribution in [3.63, 3.8) is 0 Å². The molecule has 0 bridgehead atoms. The van der Waals surface area contributed by atoms with Crippen molar-refractivity contribution in [1.29, 1.82) is 0 Å². The third-order valence-corrected chi connectivity index (χ3v) is 7.03. The van der Waals surface area contributed by atoms with E-state index in [1.165, 1.54) is 32.5 Å². The van der Waals surface area contributed by atoms with Crippen molar-refractivity contribution in [2.45, 2.75) is 64.6 Å². The number of hydrogen-bond donors (Lipinski definition) is 1. The molecular weight excluding hydrogens is 400 g/mol. The number of likely N-dealkylation sites (tertiary alicyclic amines) is 1. The highest BCUT2D eigenvalue weighted by molar-refractivity contribution is 5.98. The van der Waals surface area contributed by atoms with Gasteiger partial charge in [-0.15, -0.1) is 0 Å². The van der Waals surface area contributed by atoms with Crippen LogP contribution in [0.1, 0.15) is 51.5 Å².